The van der Waals surface area contributed by atoms with Gasteiger partial charge < -0.3 is 9.47 Å². The number of amides is 1. The summed E-state index contributed by atoms with van der Waals surface area (Å²) in [6.07, 6.45) is 3.28. The molecule has 182 valence electrons. The number of ether oxygens (including phenoxy) is 2. The largest absolute Gasteiger partial charge is 0.482 e. The minimum absolute atomic E-state index is 0.118. The number of anilines is 1. The SMILES string of the molecule is Cc1sc(-c2ccccn2)nc1-c1ccc2c(c1)N(CC(=O)OCCCc1ccccc1)C(=O)CO2. The van der Waals surface area contributed by atoms with Crippen molar-refractivity contribution in [2.75, 3.05) is 24.7 Å². The van der Waals surface area contributed by atoms with Gasteiger partial charge in [0, 0.05) is 16.6 Å². The molecule has 36 heavy (non-hydrogen) atoms. The smallest absolute Gasteiger partial charge is 0.326 e. The van der Waals surface area contributed by atoms with Gasteiger partial charge in [-0.25, -0.2) is 4.98 Å². The molecule has 0 saturated carbocycles. The van der Waals surface area contributed by atoms with Gasteiger partial charge in [-0.3, -0.25) is 19.5 Å². The number of fused-ring (bicyclic) bond motifs is 1. The molecule has 1 aliphatic heterocycles. The summed E-state index contributed by atoms with van der Waals surface area (Å²) in [5.41, 5.74) is 4.19. The van der Waals surface area contributed by atoms with Crippen molar-refractivity contribution in [2.24, 2.45) is 0 Å². The molecule has 0 aliphatic carbocycles. The number of hydrogen-bond acceptors (Lipinski definition) is 7. The van der Waals surface area contributed by atoms with E-state index >= 15 is 0 Å². The number of nitrogens with zero attached hydrogens (tertiary/aromatic N) is 3. The number of carbonyl (C=O) groups excluding carboxylic acids is 2. The molecule has 5 rings (SSSR count). The highest BCUT2D eigenvalue weighted by molar-refractivity contribution is 7.15. The van der Waals surface area contributed by atoms with Crippen molar-refractivity contribution >= 4 is 28.9 Å². The fraction of sp³-hybridized carbons (Fsp3) is 0.214. The maximum absolute atomic E-state index is 12.7. The van der Waals surface area contributed by atoms with Gasteiger partial charge in [-0.2, -0.15) is 0 Å². The molecule has 1 amide bonds. The van der Waals surface area contributed by atoms with Gasteiger partial charge in [-0.1, -0.05) is 36.4 Å². The molecule has 0 bridgehead atoms. The summed E-state index contributed by atoms with van der Waals surface area (Å²) in [7, 11) is 0. The quantitative estimate of drug-likeness (QED) is 0.248. The Balaban J connectivity index is 1.30. The zero-order valence-corrected chi connectivity index (χ0v) is 20.7. The molecule has 1 aliphatic rings. The lowest BCUT2D eigenvalue weighted by atomic mass is 10.1. The van der Waals surface area contributed by atoms with E-state index in [4.69, 9.17) is 14.5 Å². The van der Waals surface area contributed by atoms with Crippen LogP contribution in [0.2, 0.25) is 0 Å². The van der Waals surface area contributed by atoms with E-state index in [1.807, 2.05) is 73.7 Å². The Morgan fingerprint density at radius 2 is 1.94 bits per heavy atom. The topological polar surface area (TPSA) is 81.6 Å². The standard InChI is InChI=1S/C28H25N3O4S/c1-19-27(30-28(36-19)22-11-5-6-14-29-22)21-12-13-24-23(16-21)31(25(32)18-35-24)17-26(33)34-15-7-10-20-8-3-2-4-9-20/h2-6,8-9,11-14,16H,7,10,15,17-18H2,1H3. The Morgan fingerprint density at radius 1 is 1.11 bits per heavy atom. The second-order valence-electron chi connectivity index (χ2n) is 8.40. The van der Waals surface area contributed by atoms with Crippen molar-refractivity contribution in [3.63, 3.8) is 0 Å². The molecule has 0 fully saturated rings. The molecule has 3 heterocycles. The summed E-state index contributed by atoms with van der Waals surface area (Å²) in [5.74, 6) is -0.185. The third-order valence-corrected chi connectivity index (χ3v) is 6.85. The van der Waals surface area contributed by atoms with Gasteiger partial charge in [0.1, 0.15) is 17.3 Å². The van der Waals surface area contributed by atoms with Crippen LogP contribution < -0.4 is 9.64 Å². The van der Waals surface area contributed by atoms with E-state index in [1.54, 1.807) is 17.5 Å². The number of benzene rings is 2. The number of aromatic nitrogens is 2. The zero-order valence-electron chi connectivity index (χ0n) is 19.8. The molecular weight excluding hydrogens is 474 g/mol. The molecule has 0 atom stereocenters. The molecule has 0 radical (unpaired) electrons. The minimum Gasteiger partial charge on any atom is -0.482 e. The predicted molar refractivity (Wildman–Crippen MR) is 139 cm³/mol. The van der Waals surface area contributed by atoms with E-state index < -0.39 is 5.97 Å². The van der Waals surface area contributed by atoms with Crippen molar-refractivity contribution < 1.29 is 19.1 Å². The first-order chi connectivity index (χ1) is 17.6. The Kier molecular flexibility index (Phi) is 7.04. The van der Waals surface area contributed by atoms with E-state index in [0.29, 0.717) is 18.0 Å². The summed E-state index contributed by atoms with van der Waals surface area (Å²) in [4.78, 5) is 36.9. The number of hydrogen-bond donors (Lipinski definition) is 0. The second kappa shape index (κ2) is 10.7. The highest BCUT2D eigenvalue weighted by Gasteiger charge is 2.29. The molecule has 0 N–H and O–H groups in total. The Morgan fingerprint density at radius 3 is 2.75 bits per heavy atom. The van der Waals surface area contributed by atoms with Crippen LogP contribution in [0.3, 0.4) is 0 Å². The molecule has 2 aromatic carbocycles. The predicted octanol–water partition coefficient (Wildman–Crippen LogP) is 5.08. The average Bonchev–Trinajstić information content (AvgIpc) is 3.31. The van der Waals surface area contributed by atoms with Crippen LogP contribution in [-0.4, -0.2) is 41.6 Å². The van der Waals surface area contributed by atoms with Gasteiger partial charge in [0.2, 0.25) is 0 Å². The van der Waals surface area contributed by atoms with Crippen LogP contribution in [0.5, 0.6) is 5.75 Å². The van der Waals surface area contributed by atoms with Gasteiger partial charge in [0.25, 0.3) is 5.91 Å². The van der Waals surface area contributed by atoms with E-state index in [9.17, 15) is 9.59 Å². The van der Waals surface area contributed by atoms with Crippen LogP contribution in [0, 0.1) is 6.92 Å². The fourth-order valence-corrected chi connectivity index (χ4v) is 4.98. The van der Waals surface area contributed by atoms with Crippen LogP contribution in [0.1, 0.15) is 16.9 Å². The Bertz CT molecular complexity index is 1370. The molecule has 0 saturated heterocycles. The van der Waals surface area contributed by atoms with Crippen molar-refractivity contribution in [3.05, 3.63) is 83.4 Å². The van der Waals surface area contributed by atoms with Crippen LogP contribution in [0.4, 0.5) is 5.69 Å². The first-order valence-corrected chi connectivity index (χ1v) is 12.6. The van der Waals surface area contributed by atoms with Crippen LogP contribution >= 0.6 is 11.3 Å². The molecular formula is C28H25N3O4S. The van der Waals surface area contributed by atoms with Gasteiger partial charge >= 0.3 is 5.97 Å². The highest BCUT2D eigenvalue weighted by atomic mass is 32.1. The van der Waals surface area contributed by atoms with Crippen molar-refractivity contribution in [1.29, 1.82) is 0 Å². The number of pyridine rings is 1. The number of esters is 1. The lowest BCUT2D eigenvalue weighted by Gasteiger charge is -2.29. The first kappa shape index (κ1) is 23.7. The zero-order chi connectivity index (χ0) is 24.9. The van der Waals surface area contributed by atoms with Crippen LogP contribution in [0.15, 0.2) is 72.9 Å². The van der Waals surface area contributed by atoms with Crippen molar-refractivity contribution in [2.45, 2.75) is 19.8 Å². The second-order valence-corrected chi connectivity index (χ2v) is 9.60. The van der Waals surface area contributed by atoms with Crippen LogP contribution in [0.25, 0.3) is 22.0 Å². The molecule has 2 aromatic heterocycles. The lowest BCUT2D eigenvalue weighted by molar-refractivity contribution is -0.143. The third-order valence-electron chi connectivity index (χ3n) is 5.86. The van der Waals surface area contributed by atoms with E-state index in [2.05, 4.69) is 4.98 Å². The van der Waals surface area contributed by atoms with Crippen molar-refractivity contribution in [1.82, 2.24) is 9.97 Å². The summed E-state index contributed by atoms with van der Waals surface area (Å²) >= 11 is 1.56. The maximum Gasteiger partial charge on any atom is 0.326 e. The first-order valence-electron chi connectivity index (χ1n) is 11.7. The summed E-state index contributed by atoms with van der Waals surface area (Å²) in [6.45, 7) is 2.02. The number of rotatable bonds is 8. The molecule has 7 nitrogen and oxygen atoms in total. The number of carbonyl (C=O) groups is 2. The monoisotopic (exact) mass is 499 g/mol. The summed E-state index contributed by atoms with van der Waals surface area (Å²) in [5, 5.41) is 0.823. The van der Waals surface area contributed by atoms with Gasteiger partial charge in [-0.05, 0) is 55.7 Å². The van der Waals surface area contributed by atoms with Crippen molar-refractivity contribution in [3.8, 4) is 27.7 Å². The average molecular weight is 500 g/mol. The van der Waals surface area contributed by atoms with Gasteiger partial charge in [0.05, 0.1) is 23.7 Å². The number of aryl methyl sites for hydroxylation is 2. The fourth-order valence-electron chi connectivity index (χ4n) is 4.07. The van der Waals surface area contributed by atoms with E-state index in [1.165, 1.54) is 10.5 Å². The third kappa shape index (κ3) is 5.28. The lowest BCUT2D eigenvalue weighted by Crippen LogP contribution is -2.42. The summed E-state index contributed by atoms with van der Waals surface area (Å²) < 4.78 is 11.0. The van der Waals surface area contributed by atoms with Crippen LogP contribution in [-0.2, 0) is 20.7 Å². The molecule has 8 heteroatoms. The van der Waals surface area contributed by atoms with Gasteiger partial charge in [-0.15, -0.1) is 11.3 Å². The molecule has 4 aromatic rings. The van der Waals surface area contributed by atoms with E-state index in [0.717, 1.165) is 39.7 Å². The Hall–Kier alpha value is -4.04. The molecule has 0 unspecified atom stereocenters. The minimum atomic E-state index is -0.447. The Labute approximate surface area is 213 Å². The highest BCUT2D eigenvalue weighted by Crippen LogP contribution is 2.39. The maximum atomic E-state index is 12.7. The summed E-state index contributed by atoms with van der Waals surface area (Å²) in [6, 6.07) is 21.3. The van der Waals surface area contributed by atoms with Gasteiger partial charge in [0.15, 0.2) is 6.61 Å². The normalized spacial score (nSPS) is 12.7. The van der Waals surface area contributed by atoms with E-state index in [-0.39, 0.29) is 19.1 Å². The molecule has 0 spiro atoms. The number of thiazole rings is 1.